The molecular weight excluding hydrogens is 226 g/mol. The molecule has 0 N–H and O–H groups in total. The van der Waals surface area contributed by atoms with E-state index in [9.17, 15) is 4.79 Å². The maximum absolute atomic E-state index is 12.0. The molecule has 1 fully saturated rings. The van der Waals surface area contributed by atoms with Crippen molar-refractivity contribution >= 4 is 17.3 Å². The molecule has 0 spiro atoms. The Bertz CT molecular complexity index is 474. The van der Waals surface area contributed by atoms with E-state index in [1.807, 2.05) is 17.2 Å². The van der Waals surface area contributed by atoms with Crippen LogP contribution in [0.4, 0.5) is 11.4 Å². The van der Waals surface area contributed by atoms with Crippen LogP contribution in [0.1, 0.15) is 32.6 Å². The van der Waals surface area contributed by atoms with E-state index >= 15 is 0 Å². The van der Waals surface area contributed by atoms with E-state index in [-0.39, 0.29) is 5.91 Å². The highest BCUT2D eigenvalue weighted by atomic mass is 16.2. The predicted octanol–water partition coefficient (Wildman–Crippen LogP) is 2.20. The molecule has 3 rings (SSSR count). The standard InChI is InChI=1S/C14H19N3O/c1-10(18)17-12-6-4-3-5-11(12)16(2)14-9-15-8-7-13(14)17/h7-9,11-12H,3-6H2,1-2H3/t11-,12?/m1/s1. The third kappa shape index (κ3) is 1.59. The highest BCUT2D eigenvalue weighted by Crippen LogP contribution is 2.41. The molecule has 96 valence electrons. The summed E-state index contributed by atoms with van der Waals surface area (Å²) >= 11 is 0. The second-order valence-corrected chi connectivity index (χ2v) is 5.28. The van der Waals surface area contributed by atoms with E-state index in [1.165, 1.54) is 19.3 Å². The number of hydrogen-bond donors (Lipinski definition) is 0. The van der Waals surface area contributed by atoms with Gasteiger partial charge < -0.3 is 9.80 Å². The van der Waals surface area contributed by atoms with Crippen LogP contribution in [0.5, 0.6) is 0 Å². The zero-order valence-corrected chi connectivity index (χ0v) is 11.0. The van der Waals surface area contributed by atoms with Gasteiger partial charge in [-0.1, -0.05) is 12.8 Å². The molecule has 0 aromatic carbocycles. The molecule has 1 aliphatic heterocycles. The molecule has 1 aliphatic carbocycles. The number of amides is 1. The number of likely N-dealkylation sites (N-methyl/N-ethyl adjacent to an activating group) is 1. The van der Waals surface area contributed by atoms with Crippen molar-refractivity contribution in [2.24, 2.45) is 0 Å². The average Bonchev–Trinajstić information content (AvgIpc) is 2.39. The number of hydrogen-bond acceptors (Lipinski definition) is 3. The van der Waals surface area contributed by atoms with Crippen LogP contribution < -0.4 is 9.80 Å². The first-order valence-corrected chi connectivity index (χ1v) is 6.67. The van der Waals surface area contributed by atoms with E-state index in [2.05, 4.69) is 16.9 Å². The Labute approximate surface area is 108 Å². The Balaban J connectivity index is 2.11. The molecule has 18 heavy (non-hydrogen) atoms. The van der Waals surface area contributed by atoms with Gasteiger partial charge in [0.05, 0.1) is 23.6 Å². The summed E-state index contributed by atoms with van der Waals surface area (Å²) in [7, 11) is 2.13. The van der Waals surface area contributed by atoms with E-state index in [0.717, 1.165) is 17.8 Å². The van der Waals surface area contributed by atoms with E-state index in [1.54, 1.807) is 13.1 Å². The smallest absolute Gasteiger partial charge is 0.224 e. The molecule has 0 saturated heterocycles. The summed E-state index contributed by atoms with van der Waals surface area (Å²) in [6.45, 7) is 1.67. The van der Waals surface area contributed by atoms with Crippen LogP contribution in [0, 0.1) is 0 Å². The number of carbonyl (C=O) groups is 1. The third-order valence-corrected chi connectivity index (χ3v) is 4.28. The van der Waals surface area contributed by atoms with Gasteiger partial charge in [0.1, 0.15) is 0 Å². The van der Waals surface area contributed by atoms with Gasteiger partial charge in [-0.3, -0.25) is 9.78 Å². The van der Waals surface area contributed by atoms with Crippen LogP contribution in [0.2, 0.25) is 0 Å². The largest absolute Gasteiger partial charge is 0.367 e. The molecule has 2 heterocycles. The van der Waals surface area contributed by atoms with E-state index < -0.39 is 0 Å². The topological polar surface area (TPSA) is 36.4 Å². The highest BCUT2D eigenvalue weighted by Gasteiger charge is 2.40. The number of nitrogens with zero attached hydrogens (tertiary/aromatic N) is 3. The first kappa shape index (κ1) is 11.5. The molecule has 1 amide bonds. The van der Waals surface area contributed by atoms with Crippen molar-refractivity contribution in [3.63, 3.8) is 0 Å². The molecule has 0 radical (unpaired) electrons. The van der Waals surface area contributed by atoms with Crippen molar-refractivity contribution < 1.29 is 4.79 Å². The maximum Gasteiger partial charge on any atom is 0.224 e. The molecule has 1 aromatic heterocycles. The van der Waals surface area contributed by atoms with Crippen LogP contribution in [-0.4, -0.2) is 30.0 Å². The molecule has 2 aliphatic rings. The third-order valence-electron chi connectivity index (χ3n) is 4.28. The van der Waals surface area contributed by atoms with Gasteiger partial charge in [0, 0.05) is 26.2 Å². The Kier molecular flexibility index (Phi) is 2.73. The lowest BCUT2D eigenvalue weighted by Gasteiger charge is -2.49. The minimum atomic E-state index is 0.146. The quantitative estimate of drug-likeness (QED) is 0.703. The van der Waals surface area contributed by atoms with Crippen LogP contribution >= 0.6 is 0 Å². The molecule has 2 atom stereocenters. The van der Waals surface area contributed by atoms with Gasteiger partial charge in [0.2, 0.25) is 5.91 Å². The van der Waals surface area contributed by atoms with Gasteiger partial charge in [-0.25, -0.2) is 0 Å². The fourth-order valence-corrected chi connectivity index (χ4v) is 3.46. The summed E-state index contributed by atoms with van der Waals surface area (Å²) in [6.07, 6.45) is 8.39. The van der Waals surface area contributed by atoms with Crippen molar-refractivity contribution in [1.29, 1.82) is 0 Å². The van der Waals surface area contributed by atoms with Crippen LogP contribution in [0.15, 0.2) is 18.5 Å². The second-order valence-electron chi connectivity index (χ2n) is 5.28. The van der Waals surface area contributed by atoms with Gasteiger partial charge in [-0.15, -0.1) is 0 Å². The number of anilines is 2. The highest BCUT2D eigenvalue weighted by molar-refractivity contribution is 5.97. The van der Waals surface area contributed by atoms with Gasteiger partial charge >= 0.3 is 0 Å². The average molecular weight is 245 g/mol. The fraction of sp³-hybridized carbons (Fsp3) is 0.571. The minimum absolute atomic E-state index is 0.146. The second kappa shape index (κ2) is 4.26. The molecular formula is C14H19N3O. The molecule has 4 heteroatoms. The normalized spacial score (nSPS) is 26.6. The van der Waals surface area contributed by atoms with Crippen LogP contribution in [0.3, 0.4) is 0 Å². The lowest BCUT2D eigenvalue weighted by molar-refractivity contribution is -0.117. The first-order chi connectivity index (χ1) is 8.70. The Morgan fingerprint density at radius 3 is 2.72 bits per heavy atom. The summed E-state index contributed by atoms with van der Waals surface area (Å²) in [5.74, 6) is 0.146. The zero-order chi connectivity index (χ0) is 12.7. The van der Waals surface area contributed by atoms with Crippen LogP contribution in [-0.2, 0) is 4.79 Å². The van der Waals surface area contributed by atoms with Gasteiger partial charge in [-0.05, 0) is 18.9 Å². The minimum Gasteiger partial charge on any atom is -0.367 e. The number of aromatic nitrogens is 1. The molecule has 0 bridgehead atoms. The molecule has 4 nitrogen and oxygen atoms in total. The Morgan fingerprint density at radius 2 is 2.00 bits per heavy atom. The van der Waals surface area contributed by atoms with Crippen molar-refractivity contribution in [2.45, 2.75) is 44.7 Å². The predicted molar refractivity (Wildman–Crippen MR) is 71.8 cm³/mol. The number of fused-ring (bicyclic) bond motifs is 2. The first-order valence-electron chi connectivity index (χ1n) is 6.67. The van der Waals surface area contributed by atoms with Gasteiger partial charge in [0.25, 0.3) is 0 Å². The molecule has 1 saturated carbocycles. The monoisotopic (exact) mass is 245 g/mol. The van der Waals surface area contributed by atoms with E-state index in [4.69, 9.17) is 0 Å². The molecule has 1 aromatic rings. The van der Waals surface area contributed by atoms with Crippen molar-refractivity contribution in [2.75, 3.05) is 16.8 Å². The van der Waals surface area contributed by atoms with E-state index in [0.29, 0.717) is 12.1 Å². The Hall–Kier alpha value is -1.58. The van der Waals surface area contributed by atoms with Crippen molar-refractivity contribution in [1.82, 2.24) is 4.98 Å². The van der Waals surface area contributed by atoms with Gasteiger partial charge in [-0.2, -0.15) is 0 Å². The Morgan fingerprint density at radius 1 is 1.28 bits per heavy atom. The summed E-state index contributed by atoms with van der Waals surface area (Å²) in [6, 6.07) is 2.73. The summed E-state index contributed by atoms with van der Waals surface area (Å²) in [4.78, 5) is 20.5. The lowest BCUT2D eigenvalue weighted by atomic mass is 9.85. The van der Waals surface area contributed by atoms with Crippen LogP contribution in [0.25, 0.3) is 0 Å². The number of rotatable bonds is 0. The maximum atomic E-state index is 12.0. The summed E-state index contributed by atoms with van der Waals surface area (Å²) in [5, 5.41) is 0. The number of pyridine rings is 1. The number of carbonyl (C=O) groups excluding carboxylic acids is 1. The van der Waals surface area contributed by atoms with Crippen molar-refractivity contribution in [3.05, 3.63) is 18.5 Å². The molecule has 1 unspecified atom stereocenters. The van der Waals surface area contributed by atoms with Crippen molar-refractivity contribution in [3.8, 4) is 0 Å². The lowest BCUT2D eigenvalue weighted by Crippen LogP contribution is -2.57. The summed E-state index contributed by atoms with van der Waals surface area (Å²) < 4.78 is 0. The SMILES string of the molecule is CC(=O)N1c2ccncc2N(C)[C@@H]2CCCCC21. The fourth-order valence-electron chi connectivity index (χ4n) is 3.46. The van der Waals surface area contributed by atoms with Gasteiger partial charge in [0.15, 0.2) is 0 Å². The summed E-state index contributed by atoms with van der Waals surface area (Å²) in [5.41, 5.74) is 2.10. The zero-order valence-electron chi connectivity index (χ0n) is 11.0.